The zero-order valence-electron chi connectivity index (χ0n) is 16.5. The number of benzene rings is 3. The van der Waals surface area contributed by atoms with E-state index in [-0.39, 0.29) is 23.1 Å². The Labute approximate surface area is 199 Å². The molecular weight excluding hydrogens is 545 g/mol. The van der Waals surface area contributed by atoms with Gasteiger partial charge in [-0.05, 0) is 70.6 Å². The van der Waals surface area contributed by atoms with E-state index >= 15 is 0 Å². The highest BCUT2D eigenvalue weighted by Crippen LogP contribution is 2.34. The minimum atomic E-state index is -0.760. The quantitative estimate of drug-likeness (QED) is 0.133. The molecule has 1 heterocycles. The predicted molar refractivity (Wildman–Crippen MR) is 126 cm³/mol. The molecule has 0 atom stereocenters. The molecule has 11 heteroatoms. The van der Waals surface area contributed by atoms with Gasteiger partial charge >= 0.3 is 11.7 Å². The SMILES string of the molecule is O=C1OC(c2cccc(I)c2)=N/C1=C/c1cccc(Oc2ccc([N+](=O)[O-])cc2[N+](=O)[O-])c1. The molecule has 0 unspecified atom stereocenters. The van der Waals surface area contributed by atoms with Crippen LogP contribution >= 0.6 is 22.6 Å². The molecule has 0 aromatic heterocycles. The Bertz CT molecular complexity index is 1370. The van der Waals surface area contributed by atoms with E-state index in [1.807, 2.05) is 18.2 Å². The van der Waals surface area contributed by atoms with Crippen molar-refractivity contribution in [3.05, 3.63) is 107 Å². The minimum absolute atomic E-state index is 0.0855. The summed E-state index contributed by atoms with van der Waals surface area (Å²) in [6, 6.07) is 16.9. The number of rotatable bonds is 6. The van der Waals surface area contributed by atoms with E-state index in [9.17, 15) is 25.0 Å². The van der Waals surface area contributed by atoms with Gasteiger partial charge in [0.25, 0.3) is 5.69 Å². The van der Waals surface area contributed by atoms with Gasteiger partial charge in [0.05, 0.1) is 15.9 Å². The fourth-order valence-electron chi connectivity index (χ4n) is 2.96. The summed E-state index contributed by atoms with van der Waals surface area (Å²) in [4.78, 5) is 37.3. The van der Waals surface area contributed by atoms with Crippen molar-refractivity contribution in [2.45, 2.75) is 0 Å². The summed E-state index contributed by atoms with van der Waals surface area (Å²) in [5.74, 6) is -0.344. The van der Waals surface area contributed by atoms with Gasteiger partial charge < -0.3 is 9.47 Å². The van der Waals surface area contributed by atoms with Crippen LogP contribution in [0.15, 0.2) is 77.4 Å². The molecule has 0 radical (unpaired) electrons. The van der Waals surface area contributed by atoms with Crippen molar-refractivity contribution < 1.29 is 24.1 Å². The van der Waals surface area contributed by atoms with Crippen LogP contribution in [0.5, 0.6) is 11.5 Å². The summed E-state index contributed by atoms with van der Waals surface area (Å²) < 4.78 is 11.8. The van der Waals surface area contributed by atoms with Gasteiger partial charge in [-0.2, -0.15) is 0 Å². The molecular formula is C22H12IN3O7. The van der Waals surface area contributed by atoms with Gasteiger partial charge in [-0.15, -0.1) is 0 Å². The van der Waals surface area contributed by atoms with Gasteiger partial charge in [-0.1, -0.05) is 18.2 Å². The molecule has 0 amide bonds. The number of hydrogen-bond acceptors (Lipinski definition) is 8. The monoisotopic (exact) mass is 557 g/mol. The fraction of sp³-hybridized carbons (Fsp3) is 0. The van der Waals surface area contributed by atoms with E-state index in [2.05, 4.69) is 27.6 Å². The zero-order chi connectivity index (χ0) is 23.5. The predicted octanol–water partition coefficient (Wildman–Crippen LogP) is 5.24. The van der Waals surface area contributed by atoms with Gasteiger partial charge in [0, 0.05) is 15.2 Å². The van der Waals surface area contributed by atoms with Crippen LogP contribution in [0.25, 0.3) is 6.08 Å². The maximum Gasteiger partial charge on any atom is 0.363 e. The standard InChI is InChI=1S/C22H12IN3O7/c23-15-5-2-4-14(11-15)21-24-18(22(27)33-21)10-13-3-1-6-17(9-13)32-20-8-7-16(25(28)29)12-19(20)26(30)31/h1-12H/b18-10+. The molecule has 0 spiro atoms. The first-order chi connectivity index (χ1) is 15.8. The van der Waals surface area contributed by atoms with Crippen molar-refractivity contribution in [3.63, 3.8) is 0 Å². The summed E-state index contributed by atoms with van der Waals surface area (Å²) in [7, 11) is 0. The van der Waals surface area contributed by atoms with Crippen molar-refractivity contribution >= 4 is 51.9 Å². The third-order valence-electron chi connectivity index (χ3n) is 4.43. The van der Waals surface area contributed by atoms with E-state index in [0.717, 1.165) is 21.8 Å². The minimum Gasteiger partial charge on any atom is -0.450 e. The largest absolute Gasteiger partial charge is 0.450 e. The maximum atomic E-state index is 12.3. The van der Waals surface area contributed by atoms with Gasteiger partial charge in [0.1, 0.15) is 5.75 Å². The van der Waals surface area contributed by atoms with E-state index in [1.54, 1.807) is 30.3 Å². The molecule has 0 saturated carbocycles. The molecule has 0 saturated heterocycles. The van der Waals surface area contributed by atoms with Gasteiger partial charge in [-0.3, -0.25) is 20.2 Å². The number of nitro groups is 2. The van der Waals surface area contributed by atoms with E-state index in [0.29, 0.717) is 11.1 Å². The lowest BCUT2D eigenvalue weighted by molar-refractivity contribution is -0.394. The summed E-state index contributed by atoms with van der Waals surface area (Å²) in [5.41, 5.74) is 0.327. The first-order valence-corrected chi connectivity index (χ1v) is 10.4. The van der Waals surface area contributed by atoms with E-state index in [4.69, 9.17) is 9.47 Å². The molecule has 0 fully saturated rings. The Hall–Kier alpha value is -4.13. The Kier molecular flexibility index (Phi) is 6.13. The number of hydrogen-bond donors (Lipinski definition) is 0. The topological polar surface area (TPSA) is 134 Å². The van der Waals surface area contributed by atoms with Gasteiger partial charge in [0.2, 0.25) is 11.6 Å². The second kappa shape index (κ2) is 9.16. The molecule has 4 rings (SSSR count). The number of nitro benzene ring substituents is 2. The zero-order valence-corrected chi connectivity index (χ0v) is 18.7. The molecule has 10 nitrogen and oxygen atoms in total. The number of aliphatic imine (C=N–C) groups is 1. The Morgan fingerprint density at radius 1 is 0.970 bits per heavy atom. The van der Waals surface area contributed by atoms with Gasteiger partial charge in [-0.25, -0.2) is 9.79 Å². The van der Waals surface area contributed by atoms with E-state index < -0.39 is 27.2 Å². The van der Waals surface area contributed by atoms with Crippen molar-refractivity contribution in [2.75, 3.05) is 0 Å². The molecule has 0 N–H and O–H groups in total. The molecule has 0 aliphatic carbocycles. The molecule has 3 aromatic rings. The highest BCUT2D eigenvalue weighted by molar-refractivity contribution is 14.1. The average molecular weight is 557 g/mol. The number of nitrogens with zero attached hydrogens (tertiary/aromatic N) is 3. The number of cyclic esters (lactones) is 1. The van der Waals surface area contributed by atoms with Crippen molar-refractivity contribution in [1.29, 1.82) is 0 Å². The lowest BCUT2D eigenvalue weighted by Crippen LogP contribution is -2.05. The second-order valence-corrected chi connectivity index (χ2v) is 7.93. The number of carbonyl (C=O) groups excluding carboxylic acids is 1. The molecule has 1 aliphatic heterocycles. The van der Waals surface area contributed by atoms with Crippen molar-refractivity contribution in [1.82, 2.24) is 0 Å². The lowest BCUT2D eigenvalue weighted by atomic mass is 10.2. The highest BCUT2D eigenvalue weighted by atomic mass is 127. The molecule has 33 heavy (non-hydrogen) atoms. The summed E-state index contributed by atoms with van der Waals surface area (Å²) >= 11 is 2.15. The normalized spacial score (nSPS) is 14.0. The molecule has 164 valence electrons. The molecule has 3 aromatic carbocycles. The highest BCUT2D eigenvalue weighted by Gasteiger charge is 2.25. The number of halogens is 1. The smallest absolute Gasteiger partial charge is 0.363 e. The Morgan fingerprint density at radius 3 is 2.48 bits per heavy atom. The third kappa shape index (κ3) is 5.03. The van der Waals surface area contributed by atoms with Crippen LogP contribution in [0.4, 0.5) is 11.4 Å². The van der Waals surface area contributed by atoms with Crippen LogP contribution in [0.3, 0.4) is 0 Å². The second-order valence-electron chi connectivity index (χ2n) is 6.69. The molecule has 1 aliphatic rings. The van der Waals surface area contributed by atoms with Crippen LogP contribution in [0.1, 0.15) is 11.1 Å². The van der Waals surface area contributed by atoms with Crippen molar-refractivity contribution in [2.24, 2.45) is 4.99 Å². The summed E-state index contributed by atoms with van der Waals surface area (Å²) in [5, 5.41) is 22.2. The Morgan fingerprint density at radius 2 is 1.76 bits per heavy atom. The lowest BCUT2D eigenvalue weighted by Gasteiger charge is -2.07. The van der Waals surface area contributed by atoms with Crippen LogP contribution in [0, 0.1) is 23.8 Å². The van der Waals surface area contributed by atoms with Crippen molar-refractivity contribution in [3.8, 4) is 11.5 Å². The number of carbonyl (C=O) groups is 1. The number of ether oxygens (including phenoxy) is 2. The fourth-order valence-corrected chi connectivity index (χ4v) is 3.50. The van der Waals surface area contributed by atoms with Crippen LogP contribution in [-0.4, -0.2) is 21.7 Å². The average Bonchev–Trinajstić information content (AvgIpc) is 3.14. The van der Waals surface area contributed by atoms with Gasteiger partial charge in [0.15, 0.2) is 5.70 Å². The van der Waals surface area contributed by atoms with Crippen LogP contribution in [0.2, 0.25) is 0 Å². The summed E-state index contributed by atoms with van der Waals surface area (Å²) in [6.07, 6.45) is 1.50. The first-order valence-electron chi connectivity index (χ1n) is 9.29. The molecule has 0 bridgehead atoms. The Balaban J connectivity index is 1.61. The van der Waals surface area contributed by atoms with E-state index in [1.165, 1.54) is 6.08 Å². The number of non-ortho nitro benzene ring substituents is 1. The van der Waals surface area contributed by atoms with Crippen LogP contribution in [-0.2, 0) is 9.53 Å². The third-order valence-corrected chi connectivity index (χ3v) is 5.10. The number of esters is 1. The maximum absolute atomic E-state index is 12.3. The van der Waals surface area contributed by atoms with Crippen LogP contribution < -0.4 is 4.74 Å². The summed E-state index contributed by atoms with van der Waals surface area (Å²) in [6.45, 7) is 0. The first kappa shape index (κ1) is 22.1.